The zero-order valence-electron chi connectivity index (χ0n) is 11.4. The van der Waals surface area contributed by atoms with Crippen LogP contribution >= 0.6 is 0 Å². The van der Waals surface area contributed by atoms with E-state index >= 15 is 0 Å². The molecular weight excluding hydrogens is 271 g/mol. The Hall–Kier alpha value is -2.50. The quantitative estimate of drug-likeness (QED) is 0.670. The van der Waals surface area contributed by atoms with Crippen molar-refractivity contribution in [2.75, 3.05) is 0 Å². The molecule has 2 N–H and O–H groups in total. The Morgan fingerprint density at radius 1 is 1.29 bits per heavy atom. The van der Waals surface area contributed by atoms with Gasteiger partial charge in [0, 0.05) is 11.3 Å². The summed E-state index contributed by atoms with van der Waals surface area (Å²) in [5.41, 5.74) is 5.63. The number of nitrogens with zero attached hydrogens (tertiary/aromatic N) is 2. The second-order valence-corrected chi connectivity index (χ2v) is 4.99. The number of aromatic amines is 1. The summed E-state index contributed by atoms with van der Waals surface area (Å²) < 4.78 is 12.8. The molecule has 2 aromatic rings. The van der Waals surface area contributed by atoms with Crippen molar-refractivity contribution in [2.45, 2.75) is 25.7 Å². The molecule has 0 bridgehead atoms. The first-order chi connectivity index (χ1) is 10.2. The Morgan fingerprint density at radius 3 is 2.86 bits per heavy atom. The summed E-state index contributed by atoms with van der Waals surface area (Å²) >= 11 is 0. The maximum absolute atomic E-state index is 12.8. The van der Waals surface area contributed by atoms with Crippen molar-refractivity contribution in [1.29, 1.82) is 0 Å². The predicted octanol–water partition coefficient (Wildman–Crippen LogP) is 2.19. The maximum Gasteiger partial charge on any atom is 0.292 e. The first-order valence-electron chi connectivity index (χ1n) is 6.89. The van der Waals surface area contributed by atoms with E-state index in [-0.39, 0.29) is 11.7 Å². The SMILES string of the molecule is O=C(N/N=C/c1ccc(F)cc1)c1n[nH]c2c1CCCC2. The molecule has 3 rings (SSSR count). The predicted molar refractivity (Wildman–Crippen MR) is 76.7 cm³/mol. The van der Waals surface area contributed by atoms with Crippen molar-refractivity contribution < 1.29 is 9.18 Å². The second kappa shape index (κ2) is 5.87. The van der Waals surface area contributed by atoms with Crippen LogP contribution < -0.4 is 5.43 Å². The third kappa shape index (κ3) is 2.99. The van der Waals surface area contributed by atoms with E-state index in [1.54, 1.807) is 12.1 Å². The van der Waals surface area contributed by atoms with Gasteiger partial charge >= 0.3 is 0 Å². The second-order valence-electron chi connectivity index (χ2n) is 4.99. The molecule has 0 aliphatic heterocycles. The van der Waals surface area contributed by atoms with E-state index in [0.717, 1.165) is 36.9 Å². The third-order valence-corrected chi connectivity index (χ3v) is 3.52. The summed E-state index contributed by atoms with van der Waals surface area (Å²) in [6, 6.07) is 5.85. The number of halogens is 1. The number of carbonyl (C=O) groups excluding carboxylic acids is 1. The van der Waals surface area contributed by atoms with E-state index in [4.69, 9.17) is 0 Å². The van der Waals surface area contributed by atoms with Crippen molar-refractivity contribution in [2.24, 2.45) is 5.10 Å². The lowest BCUT2D eigenvalue weighted by Gasteiger charge is -2.10. The molecule has 0 radical (unpaired) electrons. The molecule has 0 spiro atoms. The standard InChI is InChI=1S/C15H15FN4O/c16-11-7-5-10(6-8-11)9-17-20-15(21)14-12-3-1-2-4-13(12)18-19-14/h5-9H,1-4H2,(H,18,19)(H,20,21)/b17-9+. The summed E-state index contributed by atoms with van der Waals surface area (Å²) in [5, 5.41) is 10.9. The monoisotopic (exact) mass is 286 g/mol. The van der Waals surface area contributed by atoms with Gasteiger partial charge < -0.3 is 0 Å². The zero-order valence-corrected chi connectivity index (χ0v) is 11.4. The van der Waals surface area contributed by atoms with E-state index in [1.165, 1.54) is 18.3 Å². The highest BCUT2D eigenvalue weighted by Gasteiger charge is 2.21. The fourth-order valence-electron chi connectivity index (χ4n) is 2.44. The molecule has 0 unspecified atom stereocenters. The minimum Gasteiger partial charge on any atom is -0.281 e. The van der Waals surface area contributed by atoms with E-state index in [9.17, 15) is 9.18 Å². The van der Waals surface area contributed by atoms with Crippen molar-refractivity contribution >= 4 is 12.1 Å². The third-order valence-electron chi connectivity index (χ3n) is 3.52. The number of aryl methyl sites for hydroxylation is 1. The number of amides is 1. The summed E-state index contributed by atoms with van der Waals surface area (Å²) in [7, 11) is 0. The van der Waals surface area contributed by atoms with Gasteiger partial charge in [0.15, 0.2) is 5.69 Å². The Labute approximate surface area is 121 Å². The molecule has 1 aliphatic carbocycles. The Kier molecular flexibility index (Phi) is 3.77. The van der Waals surface area contributed by atoms with Gasteiger partial charge in [0.2, 0.25) is 0 Å². The van der Waals surface area contributed by atoms with Crippen molar-refractivity contribution in [3.63, 3.8) is 0 Å². The Balaban J connectivity index is 1.66. The van der Waals surface area contributed by atoms with E-state index in [0.29, 0.717) is 11.3 Å². The van der Waals surface area contributed by atoms with Crippen LogP contribution in [-0.4, -0.2) is 22.3 Å². The van der Waals surface area contributed by atoms with Crippen LogP contribution in [-0.2, 0) is 12.8 Å². The van der Waals surface area contributed by atoms with Crippen LogP contribution in [0.3, 0.4) is 0 Å². The maximum atomic E-state index is 12.8. The van der Waals surface area contributed by atoms with Crippen LogP contribution in [0.15, 0.2) is 29.4 Å². The number of nitrogens with one attached hydrogen (secondary N) is 2. The van der Waals surface area contributed by atoms with Gasteiger partial charge in [-0.25, -0.2) is 9.82 Å². The highest BCUT2D eigenvalue weighted by molar-refractivity contribution is 5.94. The number of H-pyrrole nitrogens is 1. The molecular formula is C15H15FN4O. The van der Waals surface area contributed by atoms with Crippen LogP contribution in [0.4, 0.5) is 4.39 Å². The van der Waals surface area contributed by atoms with Gasteiger partial charge in [0.1, 0.15) is 5.82 Å². The van der Waals surface area contributed by atoms with Gasteiger partial charge in [-0.3, -0.25) is 9.89 Å². The topological polar surface area (TPSA) is 70.1 Å². The van der Waals surface area contributed by atoms with Gasteiger partial charge in [-0.05, 0) is 43.4 Å². The van der Waals surface area contributed by atoms with Crippen LogP contribution in [0.5, 0.6) is 0 Å². The Morgan fingerprint density at radius 2 is 2.05 bits per heavy atom. The highest BCUT2D eigenvalue weighted by Crippen LogP contribution is 2.21. The zero-order chi connectivity index (χ0) is 14.7. The average molecular weight is 286 g/mol. The number of carbonyl (C=O) groups is 1. The summed E-state index contributed by atoms with van der Waals surface area (Å²) in [4.78, 5) is 12.1. The minimum absolute atomic E-state index is 0.306. The van der Waals surface area contributed by atoms with Gasteiger partial charge in [-0.1, -0.05) is 12.1 Å². The normalized spacial score (nSPS) is 14.1. The number of aromatic nitrogens is 2. The number of benzene rings is 1. The lowest BCUT2D eigenvalue weighted by atomic mass is 9.96. The Bertz CT molecular complexity index is 675. The van der Waals surface area contributed by atoms with Gasteiger partial charge in [-0.2, -0.15) is 10.2 Å². The molecule has 21 heavy (non-hydrogen) atoms. The lowest BCUT2D eigenvalue weighted by Crippen LogP contribution is -2.20. The molecule has 1 aliphatic rings. The molecule has 1 aromatic carbocycles. The first-order valence-corrected chi connectivity index (χ1v) is 6.89. The fraction of sp³-hybridized carbons (Fsp3) is 0.267. The van der Waals surface area contributed by atoms with Gasteiger partial charge in [0.25, 0.3) is 5.91 Å². The van der Waals surface area contributed by atoms with E-state index in [1.807, 2.05) is 0 Å². The first kappa shape index (κ1) is 13.5. The number of hydrazone groups is 1. The molecule has 0 fully saturated rings. The van der Waals surface area contributed by atoms with Crippen LogP contribution in [0, 0.1) is 5.82 Å². The smallest absolute Gasteiger partial charge is 0.281 e. The number of hydrogen-bond acceptors (Lipinski definition) is 3. The van der Waals surface area contributed by atoms with Crippen LogP contribution in [0.2, 0.25) is 0 Å². The van der Waals surface area contributed by atoms with Crippen LogP contribution in [0.25, 0.3) is 0 Å². The molecule has 0 atom stereocenters. The number of hydrogen-bond donors (Lipinski definition) is 2. The van der Waals surface area contributed by atoms with Crippen molar-refractivity contribution in [3.8, 4) is 0 Å². The lowest BCUT2D eigenvalue weighted by molar-refractivity contribution is 0.0949. The molecule has 5 nitrogen and oxygen atoms in total. The van der Waals surface area contributed by atoms with Crippen molar-refractivity contribution in [1.82, 2.24) is 15.6 Å². The molecule has 0 saturated heterocycles. The fourth-order valence-corrected chi connectivity index (χ4v) is 2.44. The number of fused-ring (bicyclic) bond motifs is 1. The van der Waals surface area contributed by atoms with Crippen molar-refractivity contribution in [3.05, 3.63) is 52.6 Å². The molecule has 1 heterocycles. The molecule has 108 valence electrons. The average Bonchev–Trinajstić information content (AvgIpc) is 2.93. The molecule has 0 saturated carbocycles. The highest BCUT2D eigenvalue weighted by atomic mass is 19.1. The summed E-state index contributed by atoms with van der Waals surface area (Å²) in [6.45, 7) is 0. The van der Waals surface area contributed by atoms with Gasteiger partial charge in [0.05, 0.1) is 6.21 Å². The molecule has 1 aromatic heterocycles. The largest absolute Gasteiger partial charge is 0.292 e. The van der Waals surface area contributed by atoms with E-state index < -0.39 is 0 Å². The number of rotatable bonds is 3. The minimum atomic E-state index is -0.326. The molecule has 6 heteroatoms. The van der Waals surface area contributed by atoms with Crippen LogP contribution in [0.1, 0.15) is 40.2 Å². The molecule has 1 amide bonds. The van der Waals surface area contributed by atoms with Gasteiger partial charge in [-0.15, -0.1) is 0 Å². The van der Waals surface area contributed by atoms with E-state index in [2.05, 4.69) is 20.7 Å². The summed E-state index contributed by atoms with van der Waals surface area (Å²) in [6.07, 6.45) is 5.48. The summed E-state index contributed by atoms with van der Waals surface area (Å²) in [5.74, 6) is -0.632.